The predicted molar refractivity (Wildman–Crippen MR) is 83.8 cm³/mol. The monoisotopic (exact) mass is 290 g/mol. The van der Waals surface area contributed by atoms with Gasteiger partial charge in [-0.05, 0) is 56.8 Å². The van der Waals surface area contributed by atoms with E-state index in [-0.39, 0.29) is 5.54 Å². The minimum atomic E-state index is -0.246. The van der Waals surface area contributed by atoms with Crippen molar-refractivity contribution >= 4 is 0 Å². The Morgan fingerprint density at radius 2 is 2.05 bits per heavy atom. The van der Waals surface area contributed by atoms with Crippen LogP contribution in [0, 0.1) is 23.2 Å². The Hall–Kier alpha value is -0.590. The third kappa shape index (κ3) is 3.79. The van der Waals surface area contributed by atoms with Gasteiger partial charge in [-0.2, -0.15) is 5.26 Å². The average Bonchev–Trinajstić information content (AvgIpc) is 3.20. The summed E-state index contributed by atoms with van der Waals surface area (Å²) in [6, 6.07) is 3.24. The molecule has 0 bridgehead atoms. The minimum Gasteiger partial charge on any atom is -0.378 e. The molecule has 3 saturated carbocycles. The molecule has 21 heavy (non-hydrogen) atoms. The fourth-order valence-corrected chi connectivity index (χ4v) is 4.34. The van der Waals surface area contributed by atoms with Crippen LogP contribution in [0.1, 0.15) is 71.1 Å². The van der Waals surface area contributed by atoms with Crippen LogP contribution in [0.15, 0.2) is 0 Å². The van der Waals surface area contributed by atoms with Crippen LogP contribution in [-0.2, 0) is 4.74 Å². The molecule has 1 N–H and O–H groups in total. The van der Waals surface area contributed by atoms with E-state index in [0.29, 0.717) is 18.1 Å². The minimum absolute atomic E-state index is 0.246. The van der Waals surface area contributed by atoms with E-state index < -0.39 is 0 Å². The molecule has 3 aliphatic rings. The number of hydrogen-bond acceptors (Lipinski definition) is 3. The zero-order valence-electron chi connectivity index (χ0n) is 13.4. The molecule has 3 nitrogen and oxygen atoms in total. The Kier molecular flexibility index (Phi) is 4.86. The van der Waals surface area contributed by atoms with Crippen molar-refractivity contribution in [2.45, 2.75) is 88.8 Å². The molecule has 3 rings (SSSR count). The molecule has 4 unspecified atom stereocenters. The van der Waals surface area contributed by atoms with Gasteiger partial charge < -0.3 is 4.74 Å². The highest BCUT2D eigenvalue weighted by molar-refractivity contribution is 5.16. The smallest absolute Gasteiger partial charge is 0.109 e. The first-order chi connectivity index (χ1) is 10.2. The maximum Gasteiger partial charge on any atom is 0.109 e. The Morgan fingerprint density at radius 1 is 1.19 bits per heavy atom. The maximum absolute atomic E-state index is 9.69. The number of nitrogens with zero attached hydrogens (tertiary/aromatic N) is 1. The first kappa shape index (κ1) is 15.3. The topological polar surface area (TPSA) is 45.0 Å². The summed E-state index contributed by atoms with van der Waals surface area (Å²) in [7, 11) is 0. The fraction of sp³-hybridized carbons (Fsp3) is 0.944. The molecule has 0 heterocycles. The van der Waals surface area contributed by atoms with Crippen LogP contribution in [0.4, 0.5) is 0 Å². The molecule has 3 heteroatoms. The van der Waals surface area contributed by atoms with E-state index in [1.165, 1.54) is 51.4 Å². The molecule has 0 aromatic rings. The second-order valence-corrected chi connectivity index (χ2v) is 7.64. The summed E-state index contributed by atoms with van der Waals surface area (Å²) in [6.45, 7) is 3.19. The van der Waals surface area contributed by atoms with Crippen LogP contribution in [0.2, 0.25) is 0 Å². The van der Waals surface area contributed by atoms with E-state index in [9.17, 15) is 5.26 Å². The molecule has 0 aromatic heterocycles. The molecular formula is C18H30N2O. The molecule has 3 fully saturated rings. The second kappa shape index (κ2) is 6.67. The lowest BCUT2D eigenvalue weighted by atomic mass is 9.85. The Morgan fingerprint density at radius 3 is 2.76 bits per heavy atom. The summed E-state index contributed by atoms with van der Waals surface area (Å²) in [4.78, 5) is 0. The molecule has 118 valence electrons. The molecule has 0 amide bonds. The Labute approximate surface area is 129 Å². The summed E-state index contributed by atoms with van der Waals surface area (Å²) in [5.74, 6) is 1.31. The largest absolute Gasteiger partial charge is 0.378 e. The average molecular weight is 290 g/mol. The van der Waals surface area contributed by atoms with E-state index in [2.05, 4.69) is 18.3 Å². The summed E-state index contributed by atoms with van der Waals surface area (Å²) >= 11 is 0. The van der Waals surface area contributed by atoms with Crippen molar-refractivity contribution in [3.8, 4) is 6.07 Å². The molecule has 0 aromatic carbocycles. The van der Waals surface area contributed by atoms with Crippen molar-refractivity contribution < 1.29 is 4.74 Å². The molecule has 4 atom stereocenters. The van der Waals surface area contributed by atoms with Crippen molar-refractivity contribution in [1.29, 1.82) is 5.26 Å². The van der Waals surface area contributed by atoms with Gasteiger partial charge in [0, 0.05) is 12.6 Å². The van der Waals surface area contributed by atoms with Crippen molar-refractivity contribution in [3.63, 3.8) is 0 Å². The highest BCUT2D eigenvalue weighted by atomic mass is 16.5. The van der Waals surface area contributed by atoms with Crippen LogP contribution >= 0.6 is 0 Å². The molecule has 0 spiro atoms. The number of nitrogens with one attached hydrogen (secondary N) is 1. The van der Waals surface area contributed by atoms with Crippen LogP contribution in [0.3, 0.4) is 0 Å². The van der Waals surface area contributed by atoms with Crippen LogP contribution < -0.4 is 5.32 Å². The highest BCUT2D eigenvalue weighted by Gasteiger charge is 2.45. The molecular weight excluding hydrogens is 260 g/mol. The van der Waals surface area contributed by atoms with Gasteiger partial charge >= 0.3 is 0 Å². The Bertz CT molecular complexity index is 387. The van der Waals surface area contributed by atoms with Gasteiger partial charge in [-0.1, -0.05) is 26.2 Å². The fourth-order valence-electron chi connectivity index (χ4n) is 4.34. The van der Waals surface area contributed by atoms with Crippen molar-refractivity contribution in [2.24, 2.45) is 11.8 Å². The highest BCUT2D eigenvalue weighted by Crippen LogP contribution is 2.40. The number of ether oxygens (including phenoxy) is 1. The summed E-state index contributed by atoms with van der Waals surface area (Å²) < 4.78 is 6.14. The molecule has 0 aliphatic heterocycles. The van der Waals surface area contributed by atoms with Gasteiger partial charge in [0.25, 0.3) is 0 Å². The van der Waals surface area contributed by atoms with E-state index in [1.54, 1.807) is 0 Å². The number of nitriles is 1. The standard InChI is InChI=1S/C18H30N2O/c1-14-4-2-6-17(12-14)21-11-9-15-5-3-10-18(15,13-19)20-16-7-8-16/h14-17,20H,2-12H2,1H3. The summed E-state index contributed by atoms with van der Waals surface area (Å²) in [6.07, 6.45) is 12.6. The lowest BCUT2D eigenvalue weighted by Crippen LogP contribution is -2.48. The lowest BCUT2D eigenvalue weighted by molar-refractivity contribution is 0.00664. The predicted octanol–water partition coefficient (Wildman–Crippen LogP) is 3.79. The van der Waals surface area contributed by atoms with Crippen molar-refractivity contribution in [1.82, 2.24) is 5.32 Å². The van der Waals surface area contributed by atoms with E-state index >= 15 is 0 Å². The summed E-state index contributed by atoms with van der Waals surface area (Å²) in [5, 5.41) is 13.3. The van der Waals surface area contributed by atoms with Crippen LogP contribution in [0.25, 0.3) is 0 Å². The zero-order chi connectivity index (χ0) is 14.7. The van der Waals surface area contributed by atoms with Crippen LogP contribution in [0.5, 0.6) is 0 Å². The van der Waals surface area contributed by atoms with Gasteiger partial charge in [0.1, 0.15) is 5.54 Å². The van der Waals surface area contributed by atoms with Gasteiger partial charge in [0.15, 0.2) is 0 Å². The normalized spacial score (nSPS) is 40.1. The SMILES string of the molecule is CC1CCCC(OCCC2CCCC2(C#N)NC2CC2)C1. The van der Waals surface area contributed by atoms with Gasteiger partial charge in [-0.3, -0.25) is 5.32 Å². The Balaban J connectivity index is 1.46. The lowest BCUT2D eigenvalue weighted by Gasteiger charge is -2.31. The molecule has 3 aliphatic carbocycles. The van der Waals surface area contributed by atoms with Gasteiger partial charge in [-0.25, -0.2) is 0 Å². The third-order valence-electron chi connectivity index (χ3n) is 5.77. The van der Waals surface area contributed by atoms with Gasteiger partial charge in [0.05, 0.1) is 12.2 Å². The number of hydrogen-bond donors (Lipinski definition) is 1. The van der Waals surface area contributed by atoms with E-state index in [4.69, 9.17) is 4.74 Å². The second-order valence-electron chi connectivity index (χ2n) is 7.64. The van der Waals surface area contributed by atoms with Gasteiger partial charge in [-0.15, -0.1) is 0 Å². The molecule has 0 radical (unpaired) electrons. The first-order valence-corrected chi connectivity index (χ1v) is 9.02. The zero-order valence-corrected chi connectivity index (χ0v) is 13.4. The quantitative estimate of drug-likeness (QED) is 0.809. The van der Waals surface area contributed by atoms with Gasteiger partial charge in [0.2, 0.25) is 0 Å². The molecule has 0 saturated heterocycles. The van der Waals surface area contributed by atoms with E-state index in [0.717, 1.165) is 25.4 Å². The maximum atomic E-state index is 9.69. The van der Waals surface area contributed by atoms with Crippen molar-refractivity contribution in [3.05, 3.63) is 0 Å². The summed E-state index contributed by atoms with van der Waals surface area (Å²) in [5.41, 5.74) is -0.246. The number of rotatable bonds is 6. The van der Waals surface area contributed by atoms with E-state index in [1.807, 2.05) is 0 Å². The first-order valence-electron chi connectivity index (χ1n) is 9.02. The van der Waals surface area contributed by atoms with Crippen LogP contribution in [-0.4, -0.2) is 24.3 Å². The third-order valence-corrected chi connectivity index (χ3v) is 5.77. The van der Waals surface area contributed by atoms with Crippen molar-refractivity contribution in [2.75, 3.05) is 6.61 Å².